The van der Waals surface area contributed by atoms with E-state index in [1.807, 2.05) is 30.3 Å². The Kier molecular flexibility index (Phi) is 4.56. The highest BCUT2D eigenvalue weighted by Gasteiger charge is 2.27. The van der Waals surface area contributed by atoms with Crippen molar-refractivity contribution in [3.8, 4) is 5.69 Å². The number of aryl methyl sites for hydroxylation is 2. The Labute approximate surface area is 186 Å². The lowest BCUT2D eigenvalue weighted by Gasteiger charge is -2.12. The van der Waals surface area contributed by atoms with Gasteiger partial charge in [0.1, 0.15) is 5.82 Å². The number of pyridine rings is 1. The van der Waals surface area contributed by atoms with Crippen LogP contribution in [0.25, 0.3) is 27.8 Å². The van der Waals surface area contributed by atoms with Crippen molar-refractivity contribution in [1.82, 2.24) is 23.9 Å². The number of carbonyl (C=O) groups excluding carboxylic acids is 1. The molecule has 0 amide bonds. The van der Waals surface area contributed by atoms with Gasteiger partial charge in [0, 0.05) is 19.7 Å². The average Bonchev–Trinajstić information content (AvgIpc) is 3.17. The van der Waals surface area contributed by atoms with Crippen LogP contribution in [0.4, 0.5) is 4.39 Å². The summed E-state index contributed by atoms with van der Waals surface area (Å²) in [7, 11) is 2.84. The number of fused-ring (bicyclic) bond motifs is 2. The summed E-state index contributed by atoms with van der Waals surface area (Å²) in [6.45, 7) is 1.73. The minimum absolute atomic E-state index is 0.0112. The van der Waals surface area contributed by atoms with Crippen LogP contribution in [-0.4, -0.2) is 29.7 Å². The van der Waals surface area contributed by atoms with E-state index < -0.39 is 22.8 Å². The number of nitrogens with zero attached hydrogens (tertiary/aromatic N) is 5. The zero-order valence-electron chi connectivity index (χ0n) is 18.0. The molecule has 0 aliphatic carbocycles. The molecule has 0 fully saturated rings. The van der Waals surface area contributed by atoms with Gasteiger partial charge in [-0.15, -0.1) is 0 Å². The second-order valence-corrected chi connectivity index (χ2v) is 7.76. The van der Waals surface area contributed by atoms with Gasteiger partial charge >= 0.3 is 5.69 Å². The maximum absolute atomic E-state index is 13.7. The van der Waals surface area contributed by atoms with Gasteiger partial charge in [0.05, 0.1) is 27.7 Å². The Hall–Kier alpha value is -4.40. The molecule has 3 heterocycles. The van der Waals surface area contributed by atoms with Gasteiger partial charge in [-0.05, 0) is 43.3 Å². The number of hydrogen-bond donors (Lipinski definition) is 0. The predicted octanol–water partition coefficient (Wildman–Crippen LogP) is 2.65. The van der Waals surface area contributed by atoms with Crippen molar-refractivity contribution in [3.05, 3.63) is 98.1 Å². The van der Waals surface area contributed by atoms with Gasteiger partial charge in [-0.25, -0.2) is 18.9 Å². The molecule has 0 spiro atoms. The van der Waals surface area contributed by atoms with E-state index in [0.29, 0.717) is 22.4 Å². The Morgan fingerprint density at radius 3 is 2.21 bits per heavy atom. The Morgan fingerprint density at radius 2 is 1.55 bits per heavy atom. The number of hydrogen-bond acceptors (Lipinski definition) is 5. The number of rotatable bonds is 3. The van der Waals surface area contributed by atoms with Crippen molar-refractivity contribution >= 4 is 27.9 Å². The maximum Gasteiger partial charge on any atom is 0.332 e. The van der Waals surface area contributed by atoms with Crippen LogP contribution in [0.15, 0.2) is 64.2 Å². The fourth-order valence-corrected chi connectivity index (χ4v) is 4.04. The second kappa shape index (κ2) is 7.33. The molecule has 8 nitrogen and oxygen atoms in total. The van der Waals surface area contributed by atoms with Crippen LogP contribution >= 0.6 is 0 Å². The van der Waals surface area contributed by atoms with Crippen LogP contribution in [0, 0.1) is 12.7 Å². The van der Waals surface area contributed by atoms with E-state index in [-0.39, 0.29) is 22.2 Å². The molecule has 0 unspecified atom stereocenters. The van der Waals surface area contributed by atoms with Gasteiger partial charge in [-0.3, -0.25) is 18.7 Å². The number of para-hydroxylation sites is 1. The van der Waals surface area contributed by atoms with Crippen molar-refractivity contribution in [3.63, 3.8) is 0 Å². The topological polar surface area (TPSA) is 91.8 Å². The lowest BCUT2D eigenvalue weighted by molar-refractivity contribution is 0.104. The molecule has 3 aromatic heterocycles. The molecule has 0 radical (unpaired) electrons. The zero-order valence-corrected chi connectivity index (χ0v) is 18.0. The first-order valence-electron chi connectivity index (χ1n) is 10.1. The Bertz CT molecular complexity index is 1700. The van der Waals surface area contributed by atoms with Crippen molar-refractivity contribution in [1.29, 1.82) is 0 Å². The van der Waals surface area contributed by atoms with Crippen LogP contribution < -0.4 is 11.2 Å². The lowest BCUT2D eigenvalue weighted by atomic mass is 9.97. The van der Waals surface area contributed by atoms with Gasteiger partial charge < -0.3 is 0 Å². The van der Waals surface area contributed by atoms with E-state index in [9.17, 15) is 18.8 Å². The molecule has 33 heavy (non-hydrogen) atoms. The fraction of sp³-hybridized carbons (Fsp3) is 0.125. The van der Waals surface area contributed by atoms with E-state index in [1.54, 1.807) is 11.6 Å². The molecule has 0 saturated heterocycles. The average molecular weight is 443 g/mol. The molecular weight excluding hydrogens is 425 g/mol. The molecule has 5 rings (SSSR count). The molecule has 0 saturated carbocycles. The SMILES string of the molecule is Cc1nn(-c2ccccc2)c2nc3c(c(C(=O)c4ccc(F)cc4)c12)c(=O)n(C)c(=O)n3C. The predicted molar refractivity (Wildman–Crippen MR) is 121 cm³/mol. The number of benzene rings is 2. The third kappa shape index (κ3) is 3.00. The summed E-state index contributed by atoms with van der Waals surface area (Å²) < 4.78 is 17.2. The summed E-state index contributed by atoms with van der Waals surface area (Å²) in [6, 6.07) is 14.3. The Morgan fingerprint density at radius 1 is 0.879 bits per heavy atom. The molecule has 2 aromatic carbocycles. The van der Waals surface area contributed by atoms with Gasteiger partial charge in [0.2, 0.25) is 0 Å². The maximum atomic E-state index is 13.7. The number of halogens is 1. The van der Waals surface area contributed by atoms with Gasteiger partial charge in [-0.2, -0.15) is 5.10 Å². The standard InChI is InChI=1S/C24H18FN5O3/c1-13-17-18(20(31)14-9-11-15(25)12-10-14)19-21(28(2)24(33)29(3)23(19)32)26-22(17)30(27-13)16-7-5-4-6-8-16/h4-12H,1-3H3. The summed E-state index contributed by atoms with van der Waals surface area (Å²) in [5.41, 5.74) is 0.673. The quantitative estimate of drug-likeness (QED) is 0.400. The highest BCUT2D eigenvalue weighted by atomic mass is 19.1. The summed E-state index contributed by atoms with van der Waals surface area (Å²) >= 11 is 0. The molecular formula is C24H18FN5O3. The Balaban J connectivity index is 2.00. The number of carbonyl (C=O) groups is 1. The van der Waals surface area contributed by atoms with E-state index in [1.165, 1.54) is 42.9 Å². The molecule has 0 aliphatic heterocycles. The first-order valence-corrected chi connectivity index (χ1v) is 10.1. The van der Waals surface area contributed by atoms with E-state index >= 15 is 0 Å². The first kappa shape index (κ1) is 20.5. The van der Waals surface area contributed by atoms with Crippen LogP contribution in [0.1, 0.15) is 21.6 Å². The zero-order chi connectivity index (χ0) is 23.4. The summed E-state index contributed by atoms with van der Waals surface area (Å²) in [5.74, 6) is -0.971. The van der Waals surface area contributed by atoms with Crippen LogP contribution in [0.3, 0.4) is 0 Å². The second-order valence-electron chi connectivity index (χ2n) is 7.76. The fourth-order valence-electron chi connectivity index (χ4n) is 4.04. The monoisotopic (exact) mass is 443 g/mol. The highest BCUT2D eigenvalue weighted by Crippen LogP contribution is 2.30. The van der Waals surface area contributed by atoms with Gasteiger partial charge in [0.25, 0.3) is 5.56 Å². The smallest absolute Gasteiger partial charge is 0.289 e. The van der Waals surface area contributed by atoms with Crippen LogP contribution in [0.2, 0.25) is 0 Å². The molecule has 9 heteroatoms. The largest absolute Gasteiger partial charge is 0.332 e. The third-order valence-corrected chi connectivity index (χ3v) is 5.72. The number of aromatic nitrogens is 5. The minimum Gasteiger partial charge on any atom is -0.289 e. The van der Waals surface area contributed by atoms with E-state index in [2.05, 4.69) is 10.1 Å². The lowest BCUT2D eigenvalue weighted by Crippen LogP contribution is -2.38. The summed E-state index contributed by atoms with van der Waals surface area (Å²) in [5, 5.41) is 4.99. The molecule has 0 aliphatic rings. The third-order valence-electron chi connectivity index (χ3n) is 5.72. The van der Waals surface area contributed by atoms with Crippen molar-refractivity contribution in [2.45, 2.75) is 6.92 Å². The normalized spacial score (nSPS) is 11.4. The van der Waals surface area contributed by atoms with E-state index in [0.717, 1.165) is 4.57 Å². The van der Waals surface area contributed by atoms with Crippen molar-refractivity contribution in [2.75, 3.05) is 0 Å². The molecule has 5 aromatic rings. The summed E-state index contributed by atoms with van der Waals surface area (Å²) in [6.07, 6.45) is 0. The van der Waals surface area contributed by atoms with Crippen LogP contribution in [-0.2, 0) is 14.1 Å². The van der Waals surface area contributed by atoms with Gasteiger partial charge in [-0.1, -0.05) is 18.2 Å². The first-order chi connectivity index (χ1) is 15.8. The van der Waals surface area contributed by atoms with Crippen LogP contribution in [0.5, 0.6) is 0 Å². The molecule has 0 atom stereocenters. The summed E-state index contributed by atoms with van der Waals surface area (Å²) in [4.78, 5) is 44.2. The molecule has 0 bridgehead atoms. The van der Waals surface area contributed by atoms with Crippen molar-refractivity contribution < 1.29 is 9.18 Å². The number of ketones is 1. The van der Waals surface area contributed by atoms with E-state index in [4.69, 9.17) is 0 Å². The van der Waals surface area contributed by atoms with Gasteiger partial charge in [0.15, 0.2) is 17.1 Å². The molecule has 164 valence electrons. The minimum atomic E-state index is -0.639. The highest BCUT2D eigenvalue weighted by molar-refractivity contribution is 6.23. The molecule has 0 N–H and O–H groups in total. The van der Waals surface area contributed by atoms with Crippen molar-refractivity contribution in [2.24, 2.45) is 14.1 Å².